The van der Waals surface area contributed by atoms with Crippen molar-refractivity contribution in [2.24, 2.45) is 5.73 Å². The third kappa shape index (κ3) is 2.57. The van der Waals surface area contributed by atoms with Crippen molar-refractivity contribution in [3.05, 3.63) is 36.4 Å². The Morgan fingerprint density at radius 2 is 2.00 bits per heavy atom. The number of thioether (sulfide) groups is 1. The monoisotopic (exact) mass is 262 g/mol. The van der Waals surface area contributed by atoms with Crippen LogP contribution in [0.25, 0.3) is 10.8 Å². The Hall–Kier alpha value is -1.72. The average Bonchev–Trinajstić information content (AvgIpc) is 2.37. The van der Waals surface area contributed by atoms with E-state index in [9.17, 15) is 4.79 Å². The molecular weight excluding hydrogens is 248 g/mol. The molecule has 0 bridgehead atoms. The third-order valence-corrected chi connectivity index (χ3v) is 3.90. The molecule has 0 heterocycles. The maximum Gasteiger partial charge on any atom is 0.321 e. The van der Waals surface area contributed by atoms with Gasteiger partial charge in [0.15, 0.2) is 0 Å². The molecular formula is C13H14N2O2S. The molecule has 0 aliphatic heterocycles. The molecule has 5 N–H and O–H groups in total. The Bertz CT molecular complexity index is 586. The van der Waals surface area contributed by atoms with Gasteiger partial charge in [-0.2, -0.15) is 0 Å². The predicted molar refractivity (Wildman–Crippen MR) is 74.7 cm³/mol. The predicted octanol–water partition coefficient (Wildman–Crippen LogP) is 1.93. The van der Waals surface area contributed by atoms with E-state index in [0.29, 0.717) is 11.4 Å². The van der Waals surface area contributed by atoms with Crippen molar-refractivity contribution >= 4 is 34.2 Å². The number of aliphatic carboxylic acids is 1. The maximum absolute atomic E-state index is 10.7. The second-order valence-electron chi connectivity index (χ2n) is 3.96. The van der Waals surface area contributed by atoms with Crippen molar-refractivity contribution in [2.45, 2.75) is 10.9 Å². The number of nitrogen functional groups attached to an aromatic ring is 1. The highest BCUT2D eigenvalue weighted by Gasteiger charge is 2.14. The molecule has 0 aliphatic carbocycles. The van der Waals surface area contributed by atoms with Gasteiger partial charge in [-0.1, -0.05) is 30.3 Å². The third-order valence-electron chi connectivity index (χ3n) is 2.63. The molecule has 94 valence electrons. The highest BCUT2D eigenvalue weighted by Crippen LogP contribution is 2.33. The molecule has 0 saturated carbocycles. The largest absolute Gasteiger partial charge is 0.480 e. The van der Waals surface area contributed by atoms with Gasteiger partial charge in [-0.05, 0) is 16.8 Å². The molecule has 0 amide bonds. The SMILES string of the molecule is Nc1ccc2ccccc2c1SC[C@H](N)C(=O)O. The molecule has 4 nitrogen and oxygen atoms in total. The Morgan fingerprint density at radius 3 is 2.72 bits per heavy atom. The highest BCUT2D eigenvalue weighted by atomic mass is 32.2. The molecule has 0 aliphatic rings. The number of rotatable bonds is 4. The fourth-order valence-corrected chi connectivity index (χ4v) is 2.73. The van der Waals surface area contributed by atoms with Crippen LogP contribution in [-0.4, -0.2) is 22.9 Å². The van der Waals surface area contributed by atoms with Gasteiger partial charge in [0.25, 0.3) is 0 Å². The number of nitrogens with two attached hydrogens (primary N) is 2. The maximum atomic E-state index is 10.7. The zero-order valence-corrected chi connectivity index (χ0v) is 10.5. The van der Waals surface area contributed by atoms with Crippen LogP contribution in [-0.2, 0) is 4.79 Å². The smallest absolute Gasteiger partial charge is 0.321 e. The number of anilines is 1. The number of carboxylic acid groups (broad SMARTS) is 1. The summed E-state index contributed by atoms with van der Waals surface area (Å²) in [7, 11) is 0. The van der Waals surface area contributed by atoms with E-state index < -0.39 is 12.0 Å². The van der Waals surface area contributed by atoms with Crippen molar-refractivity contribution in [3.63, 3.8) is 0 Å². The van der Waals surface area contributed by atoms with Crippen molar-refractivity contribution in [1.82, 2.24) is 0 Å². The van der Waals surface area contributed by atoms with Crippen LogP contribution < -0.4 is 11.5 Å². The number of hydrogen-bond acceptors (Lipinski definition) is 4. The lowest BCUT2D eigenvalue weighted by molar-refractivity contribution is -0.137. The number of carboxylic acids is 1. The fourth-order valence-electron chi connectivity index (χ4n) is 1.67. The van der Waals surface area contributed by atoms with Gasteiger partial charge in [-0.3, -0.25) is 4.79 Å². The van der Waals surface area contributed by atoms with E-state index in [1.165, 1.54) is 11.8 Å². The molecule has 0 saturated heterocycles. The molecule has 0 radical (unpaired) electrons. The number of benzene rings is 2. The second-order valence-corrected chi connectivity index (χ2v) is 4.99. The van der Waals surface area contributed by atoms with Crippen molar-refractivity contribution in [3.8, 4) is 0 Å². The summed E-state index contributed by atoms with van der Waals surface area (Å²) in [6.45, 7) is 0. The standard InChI is InChI=1S/C13H14N2O2S/c14-10-6-5-8-3-1-2-4-9(8)12(10)18-7-11(15)13(16)17/h1-6,11H,7,14-15H2,(H,16,17)/t11-/m0/s1. The molecule has 2 aromatic carbocycles. The van der Waals surface area contributed by atoms with Crippen LogP contribution >= 0.6 is 11.8 Å². The number of hydrogen-bond donors (Lipinski definition) is 3. The van der Waals surface area contributed by atoms with Crippen molar-refractivity contribution in [1.29, 1.82) is 0 Å². The first-order valence-corrected chi connectivity index (χ1v) is 6.46. The molecule has 0 aromatic heterocycles. The molecule has 2 aromatic rings. The molecule has 0 unspecified atom stereocenters. The molecule has 2 rings (SSSR count). The van der Waals surface area contributed by atoms with Crippen LogP contribution in [0, 0.1) is 0 Å². The van der Waals surface area contributed by atoms with Gasteiger partial charge in [0.2, 0.25) is 0 Å². The highest BCUT2D eigenvalue weighted by molar-refractivity contribution is 7.99. The van der Waals surface area contributed by atoms with E-state index in [-0.39, 0.29) is 0 Å². The van der Waals surface area contributed by atoms with Crippen LogP contribution in [0.1, 0.15) is 0 Å². The summed E-state index contributed by atoms with van der Waals surface area (Å²) in [6.07, 6.45) is 0. The summed E-state index contributed by atoms with van der Waals surface area (Å²) in [5.74, 6) is -0.700. The summed E-state index contributed by atoms with van der Waals surface area (Å²) in [6, 6.07) is 10.8. The van der Waals surface area contributed by atoms with Gasteiger partial charge in [0.1, 0.15) is 6.04 Å². The van der Waals surface area contributed by atoms with Gasteiger partial charge in [0.05, 0.1) is 0 Å². The summed E-state index contributed by atoms with van der Waals surface area (Å²) < 4.78 is 0. The Balaban J connectivity index is 2.32. The van der Waals surface area contributed by atoms with E-state index in [0.717, 1.165) is 15.7 Å². The summed E-state index contributed by atoms with van der Waals surface area (Å²) in [5.41, 5.74) is 12.1. The van der Waals surface area contributed by atoms with Gasteiger partial charge < -0.3 is 16.6 Å². The van der Waals surface area contributed by atoms with Crippen LogP contribution in [0.2, 0.25) is 0 Å². The van der Waals surface area contributed by atoms with Crippen LogP contribution in [0.15, 0.2) is 41.3 Å². The van der Waals surface area contributed by atoms with Gasteiger partial charge in [0, 0.05) is 16.3 Å². The van der Waals surface area contributed by atoms with E-state index in [4.69, 9.17) is 16.6 Å². The van der Waals surface area contributed by atoms with E-state index in [1.807, 2.05) is 36.4 Å². The lowest BCUT2D eigenvalue weighted by Gasteiger charge is -2.11. The van der Waals surface area contributed by atoms with Gasteiger partial charge in [-0.15, -0.1) is 11.8 Å². The normalized spacial score (nSPS) is 12.5. The van der Waals surface area contributed by atoms with E-state index >= 15 is 0 Å². The summed E-state index contributed by atoms with van der Waals surface area (Å²) in [4.78, 5) is 11.6. The van der Waals surface area contributed by atoms with Crippen LogP contribution in [0.4, 0.5) is 5.69 Å². The molecule has 1 atom stereocenters. The fraction of sp³-hybridized carbons (Fsp3) is 0.154. The zero-order valence-electron chi connectivity index (χ0n) is 9.67. The minimum Gasteiger partial charge on any atom is -0.480 e. The minimum absolute atomic E-state index is 0.299. The lowest BCUT2D eigenvalue weighted by atomic mass is 10.1. The number of fused-ring (bicyclic) bond motifs is 1. The minimum atomic E-state index is -0.999. The Kier molecular flexibility index (Phi) is 3.74. The van der Waals surface area contributed by atoms with E-state index in [1.54, 1.807) is 0 Å². The number of carbonyl (C=O) groups is 1. The average molecular weight is 262 g/mol. The van der Waals surface area contributed by atoms with Gasteiger partial charge in [-0.25, -0.2) is 0 Å². The first-order valence-electron chi connectivity index (χ1n) is 5.48. The molecule has 5 heteroatoms. The zero-order chi connectivity index (χ0) is 13.1. The molecule has 18 heavy (non-hydrogen) atoms. The van der Waals surface area contributed by atoms with Gasteiger partial charge >= 0.3 is 5.97 Å². The van der Waals surface area contributed by atoms with Crippen LogP contribution in [0.3, 0.4) is 0 Å². The Labute approximate surface area is 109 Å². The first kappa shape index (κ1) is 12.7. The lowest BCUT2D eigenvalue weighted by Crippen LogP contribution is -2.32. The topological polar surface area (TPSA) is 89.3 Å². The Morgan fingerprint density at radius 1 is 1.28 bits per heavy atom. The quantitative estimate of drug-likeness (QED) is 0.578. The van der Waals surface area contributed by atoms with E-state index in [2.05, 4.69) is 0 Å². The first-order chi connectivity index (χ1) is 8.59. The summed E-state index contributed by atoms with van der Waals surface area (Å²) >= 11 is 1.38. The van der Waals surface area contributed by atoms with Crippen molar-refractivity contribution in [2.75, 3.05) is 11.5 Å². The second kappa shape index (κ2) is 5.29. The van der Waals surface area contributed by atoms with Crippen LogP contribution in [0.5, 0.6) is 0 Å². The molecule has 0 spiro atoms. The molecule has 0 fully saturated rings. The summed E-state index contributed by atoms with van der Waals surface area (Å²) in [5, 5.41) is 10.9. The van der Waals surface area contributed by atoms with Crippen molar-refractivity contribution < 1.29 is 9.90 Å².